The van der Waals surface area contributed by atoms with E-state index in [4.69, 9.17) is 4.42 Å². The second-order valence-electron chi connectivity index (χ2n) is 12.5. The molecule has 9 rings (SSSR count). The van der Waals surface area contributed by atoms with Gasteiger partial charge in [0.25, 0.3) is 0 Å². The highest BCUT2D eigenvalue weighted by Crippen LogP contribution is 2.62. The van der Waals surface area contributed by atoms with E-state index in [0.29, 0.717) is 27.7 Å². The fraction of sp³-hybridized carbons (Fsp3) is 0. The van der Waals surface area contributed by atoms with E-state index in [2.05, 4.69) is 0 Å². The molecule has 9 heteroatoms. The molecule has 8 aromatic carbocycles. The Hall–Kier alpha value is -7.26. The second-order valence-corrected chi connectivity index (χ2v) is 12.5. The number of phenolic OH excluding ortho intramolecular Hbond substituents is 8. The summed E-state index contributed by atoms with van der Waals surface area (Å²) < 4.78 is 5.99. The lowest BCUT2D eigenvalue weighted by Gasteiger charge is -2.22. The highest BCUT2D eigenvalue weighted by molar-refractivity contribution is 6.29. The molecule has 8 N–H and O–H groups in total. The van der Waals surface area contributed by atoms with Crippen LogP contribution < -0.4 is 0 Å². The van der Waals surface area contributed by atoms with Gasteiger partial charge < -0.3 is 45.3 Å². The standard InChI is InChI=1S/C42H26O9/c43-35-31-29(21-14-12-20(13-15-21)24-10-5-7-19-6-1-2-8-23(19)24)32-34(38(46)42(50)40(48)36(32)44)30(33(31)37(45)41(49)39(35)47)22-16-17-28-26(18-22)25-9-3-4-11-27(25)51-28/h1-18,43-50H. The number of furan rings is 1. The molecule has 0 fully saturated rings. The molecular weight excluding hydrogens is 648 g/mol. The summed E-state index contributed by atoms with van der Waals surface area (Å²) in [7, 11) is 0. The minimum Gasteiger partial charge on any atom is -0.504 e. The predicted molar refractivity (Wildman–Crippen MR) is 196 cm³/mol. The molecule has 0 atom stereocenters. The van der Waals surface area contributed by atoms with E-state index in [1.807, 2.05) is 72.8 Å². The van der Waals surface area contributed by atoms with E-state index in [-0.39, 0.29) is 32.7 Å². The number of para-hydroxylation sites is 1. The molecule has 0 spiro atoms. The summed E-state index contributed by atoms with van der Waals surface area (Å²) in [5.74, 6) is -7.46. The van der Waals surface area contributed by atoms with E-state index in [0.717, 1.165) is 27.3 Å². The molecule has 9 nitrogen and oxygen atoms in total. The first-order valence-corrected chi connectivity index (χ1v) is 15.9. The molecule has 0 unspecified atom stereocenters. The van der Waals surface area contributed by atoms with Crippen molar-refractivity contribution >= 4 is 54.3 Å². The van der Waals surface area contributed by atoms with Crippen molar-refractivity contribution in [2.75, 3.05) is 0 Å². The average Bonchev–Trinajstić information content (AvgIpc) is 3.54. The third-order valence-corrected chi connectivity index (χ3v) is 9.73. The second kappa shape index (κ2) is 10.6. The number of phenols is 8. The Morgan fingerprint density at radius 3 is 1.39 bits per heavy atom. The Balaban J connectivity index is 1.43. The molecule has 0 bridgehead atoms. The van der Waals surface area contributed by atoms with Gasteiger partial charge in [-0.2, -0.15) is 0 Å². The van der Waals surface area contributed by atoms with Crippen LogP contribution in [0.5, 0.6) is 46.0 Å². The average molecular weight is 675 g/mol. The molecule has 0 radical (unpaired) electrons. The minimum atomic E-state index is -1.03. The van der Waals surface area contributed by atoms with Gasteiger partial charge in [0.1, 0.15) is 11.2 Å². The van der Waals surface area contributed by atoms with Crippen molar-refractivity contribution in [1.29, 1.82) is 0 Å². The Bertz CT molecular complexity index is 2860. The first-order chi connectivity index (χ1) is 24.7. The van der Waals surface area contributed by atoms with E-state index in [9.17, 15) is 40.9 Å². The molecule has 0 aliphatic carbocycles. The van der Waals surface area contributed by atoms with E-state index < -0.39 is 46.0 Å². The molecule has 1 aromatic heterocycles. The van der Waals surface area contributed by atoms with E-state index in [1.54, 1.807) is 36.4 Å². The lowest BCUT2D eigenvalue weighted by atomic mass is 9.83. The molecule has 0 aliphatic heterocycles. The van der Waals surface area contributed by atoms with Crippen molar-refractivity contribution in [1.82, 2.24) is 0 Å². The smallest absolute Gasteiger partial charge is 0.204 e. The maximum absolute atomic E-state index is 11.6. The molecular formula is C42H26O9. The van der Waals surface area contributed by atoms with Gasteiger partial charge in [-0.25, -0.2) is 0 Å². The predicted octanol–water partition coefficient (Wildman–Crippen LogP) is 9.69. The maximum atomic E-state index is 11.6. The van der Waals surface area contributed by atoms with Crippen molar-refractivity contribution in [3.63, 3.8) is 0 Å². The Labute approximate surface area is 287 Å². The number of fused-ring (bicyclic) bond motifs is 6. The molecule has 0 aliphatic rings. The van der Waals surface area contributed by atoms with Gasteiger partial charge in [-0.05, 0) is 51.2 Å². The van der Waals surface area contributed by atoms with Crippen molar-refractivity contribution in [2.45, 2.75) is 0 Å². The van der Waals surface area contributed by atoms with Gasteiger partial charge in [-0.3, -0.25) is 0 Å². The van der Waals surface area contributed by atoms with Crippen LogP contribution in [0.3, 0.4) is 0 Å². The van der Waals surface area contributed by atoms with Crippen LogP contribution in [-0.2, 0) is 0 Å². The van der Waals surface area contributed by atoms with Gasteiger partial charge in [0.15, 0.2) is 23.0 Å². The van der Waals surface area contributed by atoms with Gasteiger partial charge in [0, 0.05) is 43.4 Å². The van der Waals surface area contributed by atoms with Crippen LogP contribution in [0, 0.1) is 0 Å². The fourth-order valence-electron chi connectivity index (χ4n) is 7.37. The molecule has 0 amide bonds. The summed E-state index contributed by atoms with van der Waals surface area (Å²) in [5, 5.41) is 92.3. The zero-order valence-electron chi connectivity index (χ0n) is 26.4. The third-order valence-electron chi connectivity index (χ3n) is 9.73. The number of benzene rings is 8. The monoisotopic (exact) mass is 674 g/mol. The fourth-order valence-corrected chi connectivity index (χ4v) is 7.37. The zero-order valence-corrected chi connectivity index (χ0v) is 26.4. The van der Waals surface area contributed by atoms with Crippen LogP contribution in [0.4, 0.5) is 0 Å². The Morgan fingerprint density at radius 2 is 0.784 bits per heavy atom. The molecule has 248 valence electrons. The quantitative estimate of drug-likeness (QED) is 0.0515. The number of aromatic hydroxyl groups is 8. The summed E-state index contributed by atoms with van der Waals surface area (Å²) in [6, 6.07) is 33.1. The lowest BCUT2D eigenvalue weighted by molar-refractivity contribution is 0.350. The minimum absolute atomic E-state index is 0.0192. The van der Waals surface area contributed by atoms with E-state index in [1.165, 1.54) is 0 Å². The van der Waals surface area contributed by atoms with Crippen LogP contribution in [0.15, 0.2) is 114 Å². The van der Waals surface area contributed by atoms with Crippen LogP contribution >= 0.6 is 0 Å². The molecule has 1 heterocycles. The van der Waals surface area contributed by atoms with Crippen molar-refractivity contribution in [3.05, 3.63) is 109 Å². The van der Waals surface area contributed by atoms with Crippen LogP contribution in [0.2, 0.25) is 0 Å². The van der Waals surface area contributed by atoms with Crippen LogP contribution in [-0.4, -0.2) is 40.9 Å². The van der Waals surface area contributed by atoms with Gasteiger partial charge >= 0.3 is 0 Å². The van der Waals surface area contributed by atoms with Crippen LogP contribution in [0.25, 0.3) is 87.6 Å². The van der Waals surface area contributed by atoms with Gasteiger partial charge in [-0.1, -0.05) is 91.0 Å². The number of rotatable bonds is 3. The molecule has 51 heavy (non-hydrogen) atoms. The Kier molecular flexibility index (Phi) is 6.21. The summed E-state index contributed by atoms with van der Waals surface area (Å²) in [5.41, 5.74) is 3.49. The largest absolute Gasteiger partial charge is 0.504 e. The topological polar surface area (TPSA) is 175 Å². The normalized spacial score (nSPS) is 11.8. The van der Waals surface area contributed by atoms with Gasteiger partial charge in [0.05, 0.1) is 0 Å². The number of hydrogen-bond donors (Lipinski definition) is 8. The summed E-state index contributed by atoms with van der Waals surface area (Å²) in [6.45, 7) is 0. The van der Waals surface area contributed by atoms with Gasteiger partial charge in [-0.15, -0.1) is 0 Å². The summed E-state index contributed by atoms with van der Waals surface area (Å²) >= 11 is 0. The molecule has 9 aromatic rings. The third kappa shape index (κ3) is 4.09. The van der Waals surface area contributed by atoms with E-state index >= 15 is 0 Å². The Morgan fingerprint density at radius 1 is 0.333 bits per heavy atom. The molecule has 0 saturated heterocycles. The number of hydrogen-bond acceptors (Lipinski definition) is 9. The molecule has 0 saturated carbocycles. The zero-order chi connectivity index (χ0) is 35.3. The summed E-state index contributed by atoms with van der Waals surface area (Å²) in [6.07, 6.45) is 0. The summed E-state index contributed by atoms with van der Waals surface area (Å²) in [4.78, 5) is 0. The van der Waals surface area contributed by atoms with Gasteiger partial charge in [0.2, 0.25) is 23.0 Å². The van der Waals surface area contributed by atoms with Crippen LogP contribution in [0.1, 0.15) is 0 Å². The highest BCUT2D eigenvalue weighted by atomic mass is 16.4. The van der Waals surface area contributed by atoms with Crippen molar-refractivity contribution in [2.24, 2.45) is 0 Å². The first kappa shape index (κ1) is 29.8. The maximum Gasteiger partial charge on any atom is 0.204 e. The van der Waals surface area contributed by atoms with Crippen molar-refractivity contribution in [3.8, 4) is 79.4 Å². The lowest BCUT2D eigenvalue weighted by Crippen LogP contribution is -1.94. The SMILES string of the molecule is Oc1c(O)c(O)c2c(-c3ccc4oc5ccccc5c4c3)c3c(O)c(O)c(O)c(O)c3c(-c3ccc(-c4cccc5ccccc45)cc3)c2c1O. The van der Waals surface area contributed by atoms with Crippen molar-refractivity contribution < 1.29 is 45.3 Å². The highest BCUT2D eigenvalue weighted by Gasteiger charge is 2.32. The first-order valence-electron chi connectivity index (χ1n) is 15.9.